The summed E-state index contributed by atoms with van der Waals surface area (Å²) in [6.07, 6.45) is 35.2. The molecule has 3 aliphatic rings. The summed E-state index contributed by atoms with van der Waals surface area (Å²) in [5.74, 6) is -0.243. The molecule has 0 spiro atoms. The first kappa shape index (κ1) is 82.5. The van der Waals surface area contributed by atoms with Crippen molar-refractivity contribution in [2.24, 2.45) is 0 Å². The largest absolute Gasteiger partial charge is 0.394 e. The lowest BCUT2D eigenvalue weighted by Gasteiger charge is -2.48. The number of carbonyl (C=O) groups is 1. The third-order valence-corrected chi connectivity index (χ3v) is 18.5. The smallest absolute Gasteiger partial charge is 0.220 e. The van der Waals surface area contributed by atoms with Gasteiger partial charge in [0.15, 0.2) is 18.9 Å². The Kier molecular flexibility index (Phi) is 49.0. The van der Waals surface area contributed by atoms with Gasteiger partial charge in [-0.1, -0.05) is 263 Å². The van der Waals surface area contributed by atoms with E-state index in [1.165, 1.54) is 193 Å². The molecule has 0 aromatic rings. The number of amides is 1. The minimum atomic E-state index is -1.97. The number of nitrogens with one attached hydrogen (secondary N) is 1. The second-order valence-electron chi connectivity index (χ2n) is 26.4. The van der Waals surface area contributed by atoms with Gasteiger partial charge in [-0.3, -0.25) is 4.79 Å². The zero-order valence-electron chi connectivity index (χ0n) is 56.1. The predicted octanol–water partition coefficient (Wildman–Crippen LogP) is 10.2. The maximum Gasteiger partial charge on any atom is 0.220 e. The van der Waals surface area contributed by atoms with Crippen molar-refractivity contribution in [3.05, 3.63) is 24.3 Å². The standard InChI is InChI=1S/C71H133NO18/c1-3-5-7-9-11-12-13-14-15-16-17-18-19-20-21-22-23-24-25-26-27-28-29-30-31-32-33-34-35-36-37-38-39-40-41-42-43-45-47-49-59(77)72-54(55(76)48-46-44-10-8-6-4-2)53-85-69-65(83)62(80)67(57(51-74)87-69)90-71-66(84)63(81)68(58(52-75)88-71)89-70-64(82)61(79)60(78)56(50-73)86-70/h13-14,16-17,54-58,60-71,73-76,78-84H,3-12,15,18-53H2,1-2H3,(H,72,77)/b14-13-,17-16-. The zero-order chi connectivity index (χ0) is 65.4. The monoisotopic (exact) mass is 1290 g/mol. The van der Waals surface area contributed by atoms with E-state index in [1.54, 1.807) is 0 Å². The highest BCUT2D eigenvalue weighted by atomic mass is 16.8. The molecule has 3 fully saturated rings. The van der Waals surface area contributed by atoms with Crippen LogP contribution >= 0.6 is 0 Å². The Morgan fingerprint density at radius 2 is 0.733 bits per heavy atom. The highest BCUT2D eigenvalue weighted by Crippen LogP contribution is 2.33. The van der Waals surface area contributed by atoms with Crippen LogP contribution in [0.3, 0.4) is 0 Å². The van der Waals surface area contributed by atoms with Gasteiger partial charge in [-0.05, 0) is 44.9 Å². The predicted molar refractivity (Wildman–Crippen MR) is 351 cm³/mol. The number of hydrogen-bond donors (Lipinski definition) is 12. The Balaban J connectivity index is 1.22. The lowest BCUT2D eigenvalue weighted by molar-refractivity contribution is -0.379. The third kappa shape index (κ3) is 34.8. The summed E-state index contributed by atoms with van der Waals surface area (Å²) < 4.78 is 34.2. The van der Waals surface area contributed by atoms with E-state index in [2.05, 4.69) is 43.5 Å². The molecular formula is C71H133NO18. The summed E-state index contributed by atoms with van der Waals surface area (Å²) in [7, 11) is 0. The van der Waals surface area contributed by atoms with Crippen molar-refractivity contribution in [2.45, 2.75) is 394 Å². The van der Waals surface area contributed by atoms with Gasteiger partial charge in [0, 0.05) is 6.42 Å². The van der Waals surface area contributed by atoms with E-state index in [-0.39, 0.29) is 18.9 Å². The fourth-order valence-electron chi connectivity index (χ4n) is 12.6. The highest BCUT2D eigenvalue weighted by molar-refractivity contribution is 5.76. The van der Waals surface area contributed by atoms with E-state index in [4.69, 9.17) is 28.4 Å². The van der Waals surface area contributed by atoms with Crippen molar-refractivity contribution in [2.75, 3.05) is 26.4 Å². The topological polar surface area (TPSA) is 307 Å². The van der Waals surface area contributed by atoms with Crippen molar-refractivity contribution >= 4 is 5.91 Å². The molecule has 0 saturated carbocycles. The van der Waals surface area contributed by atoms with Gasteiger partial charge in [0.05, 0.1) is 38.6 Å². The van der Waals surface area contributed by atoms with Crippen LogP contribution in [0.5, 0.6) is 0 Å². The molecule has 3 aliphatic heterocycles. The Morgan fingerprint density at radius 1 is 0.400 bits per heavy atom. The number of rotatable bonds is 57. The molecule has 3 saturated heterocycles. The normalized spacial score (nSPS) is 28.1. The second kappa shape index (κ2) is 53.4. The quantitative estimate of drug-likeness (QED) is 0.0199. The molecule has 1 amide bonds. The third-order valence-electron chi connectivity index (χ3n) is 18.5. The van der Waals surface area contributed by atoms with Crippen LogP contribution in [0.25, 0.3) is 0 Å². The second-order valence-corrected chi connectivity index (χ2v) is 26.4. The maximum absolute atomic E-state index is 13.3. The van der Waals surface area contributed by atoms with Crippen molar-refractivity contribution in [3.63, 3.8) is 0 Å². The summed E-state index contributed by atoms with van der Waals surface area (Å²) in [6, 6.07) is -0.880. The minimum absolute atomic E-state index is 0.243. The van der Waals surface area contributed by atoms with Crippen LogP contribution < -0.4 is 5.32 Å². The van der Waals surface area contributed by atoms with Gasteiger partial charge < -0.3 is 89.9 Å². The summed E-state index contributed by atoms with van der Waals surface area (Å²) in [5.41, 5.74) is 0. The van der Waals surface area contributed by atoms with Crippen LogP contribution in [0, 0.1) is 0 Å². The average Bonchev–Trinajstić information content (AvgIpc) is 1.11. The Bertz CT molecular complexity index is 1730. The van der Waals surface area contributed by atoms with Gasteiger partial charge in [-0.15, -0.1) is 0 Å². The first-order valence-electron chi connectivity index (χ1n) is 36.6. The van der Waals surface area contributed by atoms with Gasteiger partial charge in [-0.25, -0.2) is 0 Å². The average molecular weight is 1290 g/mol. The molecule has 0 aromatic heterocycles. The summed E-state index contributed by atoms with van der Waals surface area (Å²) >= 11 is 0. The van der Waals surface area contributed by atoms with Crippen LogP contribution in [0.2, 0.25) is 0 Å². The fraction of sp³-hybridized carbons (Fsp3) is 0.930. The first-order valence-corrected chi connectivity index (χ1v) is 36.6. The van der Waals surface area contributed by atoms with E-state index in [9.17, 15) is 61.0 Å². The molecule has 90 heavy (non-hydrogen) atoms. The molecule has 0 radical (unpaired) electrons. The van der Waals surface area contributed by atoms with Crippen molar-refractivity contribution in [1.29, 1.82) is 0 Å². The lowest BCUT2D eigenvalue weighted by atomic mass is 9.96. The maximum atomic E-state index is 13.3. The molecule has 0 aromatic carbocycles. The van der Waals surface area contributed by atoms with E-state index in [0.717, 1.165) is 64.2 Å². The SMILES string of the molecule is CCCCCCC/C=C\C/C=C\CCCCCCCCCCCCCCCCCCCCCCCCCCCCCC(=O)NC(COC1OC(CO)C(OC2OC(CO)C(OC3OC(CO)C(O)C(O)C3O)C(O)C2O)C(O)C1O)C(O)CCCCCCCC. The van der Waals surface area contributed by atoms with Gasteiger partial charge in [-0.2, -0.15) is 0 Å². The molecule has 0 bridgehead atoms. The van der Waals surface area contributed by atoms with Crippen LogP contribution in [0.4, 0.5) is 0 Å². The van der Waals surface area contributed by atoms with Crippen LogP contribution in [0.15, 0.2) is 24.3 Å². The van der Waals surface area contributed by atoms with E-state index < -0.39 is 124 Å². The number of unbranched alkanes of at least 4 members (excludes halogenated alkanes) is 37. The summed E-state index contributed by atoms with van der Waals surface area (Å²) in [4.78, 5) is 13.3. The number of aliphatic hydroxyl groups excluding tert-OH is 11. The molecule has 19 heteroatoms. The van der Waals surface area contributed by atoms with Crippen LogP contribution in [0.1, 0.15) is 290 Å². The molecule has 0 aliphatic carbocycles. The number of ether oxygens (including phenoxy) is 6. The van der Waals surface area contributed by atoms with Gasteiger partial charge in [0.2, 0.25) is 5.91 Å². The molecule has 12 N–H and O–H groups in total. The van der Waals surface area contributed by atoms with Crippen LogP contribution in [-0.2, 0) is 33.2 Å². The van der Waals surface area contributed by atoms with Crippen LogP contribution in [-0.4, -0.2) is 193 Å². The molecule has 3 heterocycles. The van der Waals surface area contributed by atoms with Gasteiger partial charge >= 0.3 is 0 Å². The Hall–Kier alpha value is -1.73. The Morgan fingerprint density at radius 3 is 1.13 bits per heavy atom. The first-order chi connectivity index (χ1) is 43.8. The molecule has 17 atom stereocenters. The molecule has 530 valence electrons. The molecule has 17 unspecified atom stereocenters. The number of aliphatic hydroxyl groups is 11. The minimum Gasteiger partial charge on any atom is -0.394 e. The van der Waals surface area contributed by atoms with Crippen molar-refractivity contribution in [3.8, 4) is 0 Å². The highest BCUT2D eigenvalue weighted by Gasteiger charge is 2.53. The summed E-state index contributed by atoms with van der Waals surface area (Å²) in [5, 5.41) is 120. The molecular weight excluding hydrogens is 1150 g/mol. The zero-order valence-corrected chi connectivity index (χ0v) is 56.1. The van der Waals surface area contributed by atoms with E-state index >= 15 is 0 Å². The summed E-state index contributed by atoms with van der Waals surface area (Å²) in [6.45, 7) is 1.72. The van der Waals surface area contributed by atoms with E-state index in [1.807, 2.05) is 0 Å². The van der Waals surface area contributed by atoms with Gasteiger partial charge in [0.1, 0.15) is 73.2 Å². The molecule has 3 rings (SSSR count). The lowest BCUT2D eigenvalue weighted by Crippen LogP contribution is -2.66. The number of carbonyl (C=O) groups excluding carboxylic acids is 1. The van der Waals surface area contributed by atoms with E-state index in [0.29, 0.717) is 12.8 Å². The van der Waals surface area contributed by atoms with Gasteiger partial charge in [0.25, 0.3) is 0 Å². The number of allylic oxidation sites excluding steroid dienone is 4. The van der Waals surface area contributed by atoms with Crippen molar-refractivity contribution < 1.29 is 89.4 Å². The van der Waals surface area contributed by atoms with Crippen molar-refractivity contribution in [1.82, 2.24) is 5.32 Å². The fourth-order valence-corrected chi connectivity index (χ4v) is 12.6. The Labute approximate surface area is 543 Å². The number of hydrogen-bond acceptors (Lipinski definition) is 18. The molecule has 19 nitrogen and oxygen atoms in total.